The molecule has 0 aromatic heterocycles. The topological polar surface area (TPSA) is 89.5 Å². The molecular weight excluding hydrogens is 306 g/mol. The zero-order valence-corrected chi connectivity index (χ0v) is 13.4. The number of hydrogen-bond acceptors (Lipinski definition) is 5. The Morgan fingerprint density at radius 3 is 2.36 bits per heavy atom. The van der Waals surface area contributed by atoms with Crippen LogP contribution < -0.4 is 5.32 Å². The SMILES string of the molecule is CC(C)OC(=O)c1ccc(NC(=O)C2CCS(=O)(=O)C2)cc1. The summed E-state index contributed by atoms with van der Waals surface area (Å²) in [6.07, 6.45) is 0.156. The molecule has 0 spiro atoms. The Morgan fingerprint density at radius 2 is 1.86 bits per heavy atom. The van der Waals surface area contributed by atoms with Gasteiger partial charge in [-0.25, -0.2) is 13.2 Å². The van der Waals surface area contributed by atoms with Gasteiger partial charge in [-0.05, 0) is 44.5 Å². The van der Waals surface area contributed by atoms with E-state index in [0.29, 0.717) is 17.7 Å². The molecule has 1 unspecified atom stereocenters. The minimum Gasteiger partial charge on any atom is -0.459 e. The lowest BCUT2D eigenvalue weighted by molar-refractivity contribution is -0.119. The normalized spacial score (nSPS) is 19.9. The molecule has 1 aromatic carbocycles. The first-order chi connectivity index (χ1) is 10.3. The van der Waals surface area contributed by atoms with Crippen molar-refractivity contribution in [1.82, 2.24) is 0 Å². The van der Waals surface area contributed by atoms with E-state index in [2.05, 4.69) is 5.32 Å². The van der Waals surface area contributed by atoms with Crippen molar-refractivity contribution in [3.63, 3.8) is 0 Å². The minimum absolute atomic E-state index is 0.0606. The number of rotatable bonds is 4. The third kappa shape index (κ3) is 4.30. The largest absolute Gasteiger partial charge is 0.459 e. The van der Waals surface area contributed by atoms with Gasteiger partial charge in [-0.2, -0.15) is 0 Å². The van der Waals surface area contributed by atoms with E-state index >= 15 is 0 Å². The van der Waals surface area contributed by atoms with Crippen LogP contribution in [-0.4, -0.2) is 37.9 Å². The summed E-state index contributed by atoms with van der Waals surface area (Å²) in [6.45, 7) is 3.53. The number of esters is 1. The van der Waals surface area contributed by atoms with Crippen LogP contribution in [0.2, 0.25) is 0 Å². The number of nitrogens with one attached hydrogen (secondary N) is 1. The van der Waals surface area contributed by atoms with E-state index in [9.17, 15) is 18.0 Å². The van der Waals surface area contributed by atoms with Crippen LogP contribution in [0, 0.1) is 5.92 Å². The van der Waals surface area contributed by atoms with Crippen LogP contribution in [0.4, 0.5) is 5.69 Å². The van der Waals surface area contributed by atoms with Crippen molar-refractivity contribution in [3.8, 4) is 0 Å². The molecule has 1 amide bonds. The lowest BCUT2D eigenvalue weighted by Crippen LogP contribution is -2.23. The number of sulfone groups is 1. The summed E-state index contributed by atoms with van der Waals surface area (Å²) in [4.78, 5) is 23.7. The van der Waals surface area contributed by atoms with Crippen LogP contribution in [0.5, 0.6) is 0 Å². The number of anilines is 1. The van der Waals surface area contributed by atoms with Gasteiger partial charge in [0.1, 0.15) is 0 Å². The molecule has 22 heavy (non-hydrogen) atoms. The average Bonchev–Trinajstić information content (AvgIpc) is 2.79. The van der Waals surface area contributed by atoms with Gasteiger partial charge in [-0.3, -0.25) is 4.79 Å². The molecule has 1 heterocycles. The van der Waals surface area contributed by atoms with Crippen molar-refractivity contribution in [2.45, 2.75) is 26.4 Å². The average molecular weight is 325 g/mol. The van der Waals surface area contributed by atoms with Crippen LogP contribution in [0.25, 0.3) is 0 Å². The van der Waals surface area contributed by atoms with Crippen molar-refractivity contribution in [3.05, 3.63) is 29.8 Å². The second-order valence-electron chi connectivity index (χ2n) is 5.62. The third-order valence-electron chi connectivity index (χ3n) is 3.33. The summed E-state index contributed by atoms with van der Waals surface area (Å²) < 4.78 is 27.8. The van der Waals surface area contributed by atoms with Crippen molar-refractivity contribution >= 4 is 27.4 Å². The fourth-order valence-corrected chi connectivity index (χ4v) is 3.96. The number of hydrogen-bond donors (Lipinski definition) is 1. The highest BCUT2D eigenvalue weighted by Gasteiger charge is 2.32. The summed E-state index contributed by atoms with van der Waals surface area (Å²) in [7, 11) is -3.08. The highest BCUT2D eigenvalue weighted by atomic mass is 32.2. The highest BCUT2D eigenvalue weighted by Crippen LogP contribution is 2.20. The van der Waals surface area contributed by atoms with Crippen LogP contribution in [0.3, 0.4) is 0 Å². The number of carbonyl (C=O) groups excluding carboxylic acids is 2. The molecule has 0 bridgehead atoms. The number of carbonyl (C=O) groups is 2. The molecule has 1 aliphatic heterocycles. The fourth-order valence-electron chi connectivity index (χ4n) is 2.22. The number of benzene rings is 1. The van der Waals surface area contributed by atoms with E-state index < -0.39 is 21.7 Å². The van der Waals surface area contributed by atoms with Crippen molar-refractivity contribution < 1.29 is 22.7 Å². The molecule has 1 aromatic rings. The Hall–Kier alpha value is -1.89. The van der Waals surface area contributed by atoms with Gasteiger partial charge in [-0.15, -0.1) is 0 Å². The zero-order valence-electron chi connectivity index (χ0n) is 12.5. The third-order valence-corrected chi connectivity index (χ3v) is 5.10. The standard InChI is InChI=1S/C15H19NO5S/c1-10(2)21-15(18)11-3-5-13(6-4-11)16-14(17)12-7-8-22(19,20)9-12/h3-6,10,12H,7-9H2,1-2H3,(H,16,17). The molecule has 0 radical (unpaired) electrons. The molecule has 1 aliphatic rings. The molecule has 1 atom stereocenters. The summed E-state index contributed by atoms with van der Waals surface area (Å²) in [5.74, 6) is -1.27. The van der Waals surface area contributed by atoms with Gasteiger partial charge in [0, 0.05) is 5.69 Å². The number of ether oxygens (including phenoxy) is 1. The molecule has 1 saturated heterocycles. The van der Waals surface area contributed by atoms with E-state index in [1.54, 1.807) is 38.1 Å². The highest BCUT2D eigenvalue weighted by molar-refractivity contribution is 7.91. The van der Waals surface area contributed by atoms with Gasteiger partial charge in [0.25, 0.3) is 0 Å². The molecule has 6 nitrogen and oxygen atoms in total. The van der Waals surface area contributed by atoms with E-state index in [0.717, 1.165) is 0 Å². The Kier molecular flexibility index (Phi) is 4.85. The van der Waals surface area contributed by atoms with Crippen LogP contribution >= 0.6 is 0 Å². The minimum atomic E-state index is -3.08. The van der Waals surface area contributed by atoms with E-state index in [4.69, 9.17) is 4.74 Å². The van der Waals surface area contributed by atoms with Gasteiger partial charge in [0.2, 0.25) is 5.91 Å². The van der Waals surface area contributed by atoms with Crippen LogP contribution in [-0.2, 0) is 19.4 Å². The Balaban J connectivity index is 1.97. The lowest BCUT2D eigenvalue weighted by atomic mass is 10.1. The van der Waals surface area contributed by atoms with E-state index in [1.165, 1.54) is 0 Å². The van der Waals surface area contributed by atoms with Gasteiger partial charge >= 0.3 is 5.97 Å². The zero-order chi connectivity index (χ0) is 16.3. The molecular formula is C15H19NO5S. The van der Waals surface area contributed by atoms with Crippen molar-refractivity contribution in [2.24, 2.45) is 5.92 Å². The maximum atomic E-state index is 12.0. The van der Waals surface area contributed by atoms with E-state index in [-0.39, 0.29) is 23.5 Å². The Morgan fingerprint density at radius 1 is 1.23 bits per heavy atom. The summed E-state index contributed by atoms with van der Waals surface area (Å²) in [6, 6.07) is 6.31. The predicted molar refractivity (Wildman–Crippen MR) is 82.4 cm³/mol. The first kappa shape index (κ1) is 16.5. The van der Waals surface area contributed by atoms with E-state index in [1.807, 2.05) is 0 Å². The quantitative estimate of drug-likeness (QED) is 0.850. The first-order valence-corrected chi connectivity index (χ1v) is 8.91. The van der Waals surface area contributed by atoms with Crippen molar-refractivity contribution in [1.29, 1.82) is 0 Å². The first-order valence-electron chi connectivity index (χ1n) is 7.09. The Bertz CT molecular complexity index is 664. The van der Waals surface area contributed by atoms with Crippen LogP contribution in [0.1, 0.15) is 30.6 Å². The molecule has 0 aliphatic carbocycles. The fraction of sp³-hybridized carbons (Fsp3) is 0.467. The molecule has 2 rings (SSSR count). The summed E-state index contributed by atoms with van der Waals surface area (Å²) >= 11 is 0. The smallest absolute Gasteiger partial charge is 0.338 e. The van der Waals surface area contributed by atoms with Crippen LogP contribution in [0.15, 0.2) is 24.3 Å². The van der Waals surface area contributed by atoms with Gasteiger partial charge < -0.3 is 10.1 Å². The predicted octanol–water partition coefficient (Wildman–Crippen LogP) is 1.62. The van der Waals surface area contributed by atoms with Gasteiger partial charge in [0.05, 0.1) is 29.1 Å². The second-order valence-corrected chi connectivity index (χ2v) is 7.85. The lowest BCUT2D eigenvalue weighted by Gasteiger charge is -2.11. The summed E-state index contributed by atoms with van der Waals surface area (Å²) in [5.41, 5.74) is 0.922. The summed E-state index contributed by atoms with van der Waals surface area (Å²) in [5, 5.41) is 2.67. The molecule has 0 saturated carbocycles. The maximum absolute atomic E-state index is 12.0. The molecule has 1 N–H and O–H groups in total. The molecule has 120 valence electrons. The maximum Gasteiger partial charge on any atom is 0.338 e. The van der Waals surface area contributed by atoms with Gasteiger partial charge in [0.15, 0.2) is 9.84 Å². The Labute approximate surface area is 129 Å². The monoisotopic (exact) mass is 325 g/mol. The number of amides is 1. The second kappa shape index (κ2) is 6.48. The van der Waals surface area contributed by atoms with Gasteiger partial charge in [-0.1, -0.05) is 0 Å². The molecule has 7 heteroatoms. The molecule has 1 fully saturated rings. The van der Waals surface area contributed by atoms with Crippen molar-refractivity contribution in [2.75, 3.05) is 16.8 Å².